The first-order chi connectivity index (χ1) is 16.5. The standard InChI is InChI=1S/C26H26F2N4O2/c27-21-8-9-22(23(28)14-21)26(34)29-12-3-6-25(33)31-16-18-7-10-24(30-15-18)32-13-11-19-4-1-2-5-20(19)17-32/h1-2,4-5,7-10,14-15H,3,6,11-13,16-17H2,(H,29,34)(H,31,33). The maximum absolute atomic E-state index is 13.6. The molecule has 0 radical (unpaired) electrons. The Morgan fingerprint density at radius 3 is 2.59 bits per heavy atom. The van der Waals surface area contributed by atoms with E-state index in [4.69, 9.17) is 0 Å². The van der Waals surface area contributed by atoms with Crippen molar-refractivity contribution in [2.24, 2.45) is 0 Å². The van der Waals surface area contributed by atoms with Crippen molar-refractivity contribution in [2.45, 2.75) is 32.4 Å². The Morgan fingerprint density at radius 2 is 1.82 bits per heavy atom. The van der Waals surface area contributed by atoms with Crippen LogP contribution in [0.15, 0.2) is 60.8 Å². The van der Waals surface area contributed by atoms with Gasteiger partial charge in [0, 0.05) is 44.9 Å². The van der Waals surface area contributed by atoms with Gasteiger partial charge in [-0.3, -0.25) is 9.59 Å². The van der Waals surface area contributed by atoms with Gasteiger partial charge in [-0.1, -0.05) is 30.3 Å². The molecule has 0 spiro atoms. The Morgan fingerprint density at radius 1 is 1.00 bits per heavy atom. The minimum Gasteiger partial charge on any atom is -0.352 e. The normalized spacial score (nSPS) is 12.7. The molecule has 34 heavy (non-hydrogen) atoms. The summed E-state index contributed by atoms with van der Waals surface area (Å²) in [6.45, 7) is 2.33. The highest BCUT2D eigenvalue weighted by Gasteiger charge is 2.17. The summed E-state index contributed by atoms with van der Waals surface area (Å²) in [5.74, 6) is -1.54. The van der Waals surface area contributed by atoms with Gasteiger partial charge < -0.3 is 15.5 Å². The lowest BCUT2D eigenvalue weighted by Crippen LogP contribution is -2.31. The minimum atomic E-state index is -0.917. The number of anilines is 1. The summed E-state index contributed by atoms with van der Waals surface area (Å²) in [6.07, 6.45) is 3.38. The number of hydrogen-bond acceptors (Lipinski definition) is 4. The van der Waals surface area contributed by atoms with E-state index in [1.54, 1.807) is 6.20 Å². The number of nitrogens with one attached hydrogen (secondary N) is 2. The molecular formula is C26H26F2N4O2. The third-order valence-electron chi connectivity index (χ3n) is 5.80. The maximum Gasteiger partial charge on any atom is 0.254 e. The van der Waals surface area contributed by atoms with E-state index in [9.17, 15) is 18.4 Å². The lowest BCUT2D eigenvalue weighted by molar-refractivity contribution is -0.121. The molecular weight excluding hydrogens is 438 g/mol. The molecule has 2 aromatic carbocycles. The minimum absolute atomic E-state index is 0.154. The number of hydrogen-bond donors (Lipinski definition) is 2. The van der Waals surface area contributed by atoms with Crippen LogP contribution >= 0.6 is 0 Å². The van der Waals surface area contributed by atoms with Crippen molar-refractivity contribution in [3.63, 3.8) is 0 Å². The van der Waals surface area contributed by atoms with Crippen LogP contribution in [0.1, 0.15) is 39.9 Å². The van der Waals surface area contributed by atoms with Gasteiger partial charge in [-0.2, -0.15) is 0 Å². The fourth-order valence-electron chi connectivity index (χ4n) is 3.91. The highest BCUT2D eigenvalue weighted by molar-refractivity contribution is 5.94. The number of fused-ring (bicyclic) bond motifs is 1. The van der Waals surface area contributed by atoms with Crippen molar-refractivity contribution in [3.05, 3.63) is 94.7 Å². The van der Waals surface area contributed by atoms with Crippen LogP contribution in [0, 0.1) is 11.6 Å². The van der Waals surface area contributed by atoms with Gasteiger partial charge in [0.1, 0.15) is 17.5 Å². The lowest BCUT2D eigenvalue weighted by atomic mass is 10.00. The number of rotatable bonds is 8. The Labute approximate surface area is 197 Å². The Kier molecular flexibility index (Phi) is 7.47. The van der Waals surface area contributed by atoms with Crippen LogP contribution < -0.4 is 15.5 Å². The molecule has 0 atom stereocenters. The highest BCUT2D eigenvalue weighted by atomic mass is 19.1. The second kappa shape index (κ2) is 10.9. The molecule has 2 heterocycles. The first-order valence-corrected chi connectivity index (χ1v) is 11.3. The Balaban J connectivity index is 1.17. The van der Waals surface area contributed by atoms with Crippen LogP contribution in [0.5, 0.6) is 0 Å². The van der Waals surface area contributed by atoms with Gasteiger partial charge in [-0.15, -0.1) is 0 Å². The maximum atomic E-state index is 13.6. The number of amides is 2. The number of nitrogens with zero attached hydrogens (tertiary/aromatic N) is 2. The van der Waals surface area contributed by atoms with Gasteiger partial charge in [0.25, 0.3) is 5.91 Å². The third kappa shape index (κ3) is 5.95. The molecule has 1 aliphatic heterocycles. The average molecular weight is 465 g/mol. The average Bonchev–Trinajstić information content (AvgIpc) is 2.85. The number of carbonyl (C=O) groups is 2. The predicted octanol–water partition coefficient (Wildman–Crippen LogP) is 3.75. The van der Waals surface area contributed by atoms with Crippen molar-refractivity contribution in [3.8, 4) is 0 Å². The van der Waals surface area contributed by atoms with E-state index < -0.39 is 17.5 Å². The summed E-state index contributed by atoms with van der Waals surface area (Å²) in [4.78, 5) is 30.9. The molecule has 2 amide bonds. The summed E-state index contributed by atoms with van der Waals surface area (Å²) in [7, 11) is 0. The largest absolute Gasteiger partial charge is 0.352 e. The van der Waals surface area contributed by atoms with Gasteiger partial charge in [-0.25, -0.2) is 13.8 Å². The molecule has 0 saturated heterocycles. The summed E-state index contributed by atoms with van der Waals surface area (Å²) >= 11 is 0. The molecule has 0 unspecified atom stereocenters. The molecule has 0 saturated carbocycles. The SMILES string of the molecule is O=C(CCCNC(=O)c1ccc(F)cc1F)NCc1ccc(N2CCc3ccccc3C2)nc1. The second-order valence-electron chi connectivity index (χ2n) is 8.23. The van der Waals surface area contributed by atoms with Crippen LogP contribution in [-0.4, -0.2) is 29.9 Å². The topological polar surface area (TPSA) is 74.3 Å². The van der Waals surface area contributed by atoms with E-state index in [2.05, 4.69) is 44.8 Å². The van der Waals surface area contributed by atoms with E-state index in [-0.39, 0.29) is 24.4 Å². The quantitative estimate of drug-likeness (QED) is 0.498. The summed E-state index contributed by atoms with van der Waals surface area (Å²) in [5, 5.41) is 5.38. The smallest absolute Gasteiger partial charge is 0.254 e. The number of halogens is 2. The molecule has 0 aliphatic carbocycles. The van der Waals surface area contributed by atoms with Crippen molar-refractivity contribution in [1.82, 2.24) is 15.6 Å². The zero-order chi connectivity index (χ0) is 23.9. The number of aromatic nitrogens is 1. The summed E-state index contributed by atoms with van der Waals surface area (Å²) in [6, 6.07) is 15.2. The second-order valence-corrected chi connectivity index (χ2v) is 8.23. The molecule has 0 fully saturated rings. The van der Waals surface area contributed by atoms with E-state index in [1.807, 2.05) is 12.1 Å². The third-order valence-corrected chi connectivity index (χ3v) is 5.80. The van der Waals surface area contributed by atoms with E-state index >= 15 is 0 Å². The molecule has 8 heteroatoms. The predicted molar refractivity (Wildman–Crippen MR) is 125 cm³/mol. The van der Waals surface area contributed by atoms with Crippen LogP contribution in [0.4, 0.5) is 14.6 Å². The number of benzene rings is 2. The van der Waals surface area contributed by atoms with E-state index in [0.717, 1.165) is 43.0 Å². The molecule has 2 N–H and O–H groups in total. The van der Waals surface area contributed by atoms with Gasteiger partial charge in [0.15, 0.2) is 0 Å². The van der Waals surface area contributed by atoms with Crippen LogP contribution in [0.3, 0.4) is 0 Å². The fraction of sp³-hybridized carbons (Fsp3) is 0.269. The lowest BCUT2D eigenvalue weighted by Gasteiger charge is -2.29. The molecule has 0 bridgehead atoms. The van der Waals surface area contributed by atoms with Crippen molar-refractivity contribution in [2.75, 3.05) is 18.0 Å². The zero-order valence-corrected chi connectivity index (χ0v) is 18.7. The molecule has 176 valence electrons. The first kappa shape index (κ1) is 23.4. The van der Waals surface area contributed by atoms with Crippen molar-refractivity contribution in [1.29, 1.82) is 0 Å². The van der Waals surface area contributed by atoms with Crippen LogP contribution in [0.25, 0.3) is 0 Å². The van der Waals surface area contributed by atoms with E-state index in [0.29, 0.717) is 19.0 Å². The van der Waals surface area contributed by atoms with E-state index in [1.165, 1.54) is 11.1 Å². The molecule has 3 aromatic rings. The first-order valence-electron chi connectivity index (χ1n) is 11.3. The molecule has 1 aromatic heterocycles. The molecule has 1 aliphatic rings. The van der Waals surface area contributed by atoms with Crippen LogP contribution in [-0.2, 0) is 24.3 Å². The van der Waals surface area contributed by atoms with Gasteiger partial charge in [0.2, 0.25) is 5.91 Å². The number of pyridine rings is 1. The van der Waals surface area contributed by atoms with Crippen molar-refractivity contribution < 1.29 is 18.4 Å². The highest BCUT2D eigenvalue weighted by Crippen LogP contribution is 2.23. The monoisotopic (exact) mass is 464 g/mol. The number of carbonyl (C=O) groups excluding carboxylic acids is 2. The van der Waals surface area contributed by atoms with Crippen molar-refractivity contribution >= 4 is 17.6 Å². The van der Waals surface area contributed by atoms with Gasteiger partial charge in [-0.05, 0) is 47.7 Å². The Hall–Kier alpha value is -3.81. The summed E-state index contributed by atoms with van der Waals surface area (Å²) in [5.41, 5.74) is 3.39. The fourth-order valence-corrected chi connectivity index (χ4v) is 3.91. The molecule has 4 rings (SSSR count). The molecule has 6 nitrogen and oxygen atoms in total. The zero-order valence-electron chi connectivity index (χ0n) is 18.7. The van der Waals surface area contributed by atoms with Gasteiger partial charge in [0.05, 0.1) is 5.56 Å². The summed E-state index contributed by atoms with van der Waals surface area (Å²) < 4.78 is 26.6. The van der Waals surface area contributed by atoms with Gasteiger partial charge >= 0.3 is 0 Å². The Bertz CT molecular complexity index is 1170. The van der Waals surface area contributed by atoms with Crippen LogP contribution in [0.2, 0.25) is 0 Å².